The highest BCUT2D eigenvalue weighted by atomic mass is 19.1. The Morgan fingerprint density at radius 1 is 0.917 bits per heavy atom. The number of amides is 8. The second-order valence-corrected chi connectivity index (χ2v) is 21.5. The van der Waals surface area contributed by atoms with E-state index in [0.717, 1.165) is 17.1 Å². The molecule has 0 bridgehead atoms. The van der Waals surface area contributed by atoms with Crippen LogP contribution in [0.3, 0.4) is 0 Å². The van der Waals surface area contributed by atoms with Gasteiger partial charge in [-0.2, -0.15) is 0 Å². The lowest BCUT2D eigenvalue weighted by Crippen LogP contribution is -2.56. The van der Waals surface area contributed by atoms with Crippen molar-refractivity contribution in [2.75, 3.05) is 53.2 Å². The minimum absolute atomic E-state index is 0.0169. The molecule has 8 rings (SSSR count). The lowest BCUT2D eigenvalue weighted by atomic mass is 9.81. The largest absolute Gasteiger partial charge is 0.458 e. The zero-order valence-electron chi connectivity index (χ0n) is 47.7. The number of carbonyl (C=O) groups excluding carboxylic acids is 9. The summed E-state index contributed by atoms with van der Waals surface area (Å²) in [6, 6.07) is 8.12. The van der Waals surface area contributed by atoms with Crippen molar-refractivity contribution in [2.45, 2.75) is 115 Å². The minimum Gasteiger partial charge on any atom is -0.458 e. The van der Waals surface area contributed by atoms with Gasteiger partial charge in [0.1, 0.15) is 44.7 Å². The van der Waals surface area contributed by atoms with E-state index >= 15 is 4.39 Å². The molecule has 0 saturated carbocycles. The molecule has 1 aliphatic carbocycles. The Hall–Kier alpha value is -8.24. The van der Waals surface area contributed by atoms with E-state index in [9.17, 15) is 53.1 Å². The van der Waals surface area contributed by atoms with Crippen LogP contribution in [0.15, 0.2) is 59.4 Å². The first kappa shape index (κ1) is 61.8. The van der Waals surface area contributed by atoms with Gasteiger partial charge in [0.25, 0.3) is 23.3 Å². The van der Waals surface area contributed by atoms with Crippen molar-refractivity contribution in [1.29, 1.82) is 0 Å². The number of esters is 1. The number of benzene rings is 2. The van der Waals surface area contributed by atoms with Crippen LogP contribution in [0, 0.1) is 12.7 Å². The zero-order valence-corrected chi connectivity index (χ0v) is 47.7. The number of hydrogen-bond acceptors (Lipinski definition) is 17. The average Bonchev–Trinajstić information content (AvgIpc) is 1.61. The van der Waals surface area contributed by atoms with Crippen molar-refractivity contribution in [3.63, 3.8) is 0 Å². The van der Waals surface area contributed by atoms with Gasteiger partial charge in [0.15, 0.2) is 5.60 Å². The molecular weight excluding hydrogens is 1090 g/mol. The normalized spacial score (nSPS) is 18.2. The Labute approximate surface area is 482 Å². The molecule has 25 nitrogen and oxygen atoms in total. The Bertz CT molecular complexity index is 3380. The first-order chi connectivity index (χ1) is 40.0. The summed E-state index contributed by atoms with van der Waals surface area (Å²) in [6.45, 7) is 5.81. The number of rotatable bonds is 26. The van der Waals surface area contributed by atoms with Crippen molar-refractivity contribution in [2.24, 2.45) is 0 Å². The van der Waals surface area contributed by atoms with Gasteiger partial charge >= 0.3 is 5.97 Å². The predicted octanol–water partition coefficient (Wildman–Crippen LogP) is -1.53. The third kappa shape index (κ3) is 13.4. The SMILES string of the molecule is BC(COC(C)CNCC(C(=O)NCC(=O)NCC(=O)N[C@@H](Cc1ccccc1)C(=O)NCC(=O)NCOC(C)(C)C(=O)N[C@H]1CCc2c(C)c(F)cc3nc4c(c1c23)Cn1c-4cc2c(c1=O)COC(=O)[C@]2(O)CC)N1C(=O)C=CC1=O)OC. The Morgan fingerprint density at radius 3 is 2.29 bits per heavy atom. The van der Waals surface area contributed by atoms with Crippen LogP contribution in [0.4, 0.5) is 4.39 Å². The van der Waals surface area contributed by atoms with E-state index in [0.29, 0.717) is 69.6 Å². The summed E-state index contributed by atoms with van der Waals surface area (Å²) in [5, 5.41) is 30.5. The summed E-state index contributed by atoms with van der Waals surface area (Å²) in [7, 11) is 3.38. The Balaban J connectivity index is 0.844. The number of carbonyl (C=O) groups is 9. The van der Waals surface area contributed by atoms with Gasteiger partial charge in [-0.1, -0.05) is 37.3 Å². The number of pyridine rings is 2. The van der Waals surface area contributed by atoms with E-state index in [4.69, 9.17) is 23.9 Å². The van der Waals surface area contributed by atoms with Crippen molar-refractivity contribution in [1.82, 2.24) is 51.7 Å². The lowest BCUT2D eigenvalue weighted by Gasteiger charge is -2.32. The average molecular weight is 1160 g/mol. The van der Waals surface area contributed by atoms with E-state index in [-0.39, 0.29) is 62.3 Å². The summed E-state index contributed by atoms with van der Waals surface area (Å²) in [4.78, 5) is 138. The number of nitrogens with zero attached hydrogens (tertiary/aromatic N) is 3. The van der Waals surface area contributed by atoms with E-state index in [1.165, 1.54) is 24.5 Å². The van der Waals surface area contributed by atoms with Crippen LogP contribution < -0.4 is 42.8 Å². The molecule has 2 aromatic carbocycles. The highest BCUT2D eigenvalue weighted by molar-refractivity contribution is 6.15. The van der Waals surface area contributed by atoms with E-state index in [2.05, 4.69) is 37.2 Å². The topological polar surface area (TPSA) is 333 Å². The third-order valence-corrected chi connectivity index (χ3v) is 15.4. The van der Waals surface area contributed by atoms with Crippen LogP contribution in [-0.2, 0) is 93.7 Å². The summed E-state index contributed by atoms with van der Waals surface area (Å²) < 4.78 is 39.0. The number of imide groups is 1. The van der Waals surface area contributed by atoms with E-state index < -0.39 is 120 Å². The molecule has 3 aliphatic heterocycles. The molecule has 4 aliphatic rings. The number of fused-ring (bicyclic) bond motifs is 5. The van der Waals surface area contributed by atoms with Crippen LogP contribution in [0.2, 0.25) is 0 Å². The standard InChI is InChI=1S/C57H68BFN10O15/c1-7-57(80)35-18-40-50-33(25-68(40)53(77)34(35)26-83-55(57)79)49-37(14-13-32-30(3)36(59)19-38(66-50)48(32)49)67-54(78)56(4,5)84-28-64-44(71)23-62-51(75)39(17-31-11-9-8-10-12-31)65-45(72)24-61-43(70)22-63-52(76)41(69-46(73)15-16-47(69)74)21-60-20-29(2)82-27-42(58)81-6/h8-12,15-16,18-19,29,37,39,41-42,60,80H,7,13-14,17,20-28,58H2,1-6H3,(H,61,70)(H,62,75)(H,63,76)(H,64,71)(H,65,72)(H,67,78)/t29?,37-,39-,41?,42?,57-/m0/s1. The van der Waals surface area contributed by atoms with Crippen LogP contribution in [-0.4, -0.2) is 164 Å². The second-order valence-electron chi connectivity index (χ2n) is 21.5. The fraction of sp³-hybridized carbons (Fsp3) is 0.456. The summed E-state index contributed by atoms with van der Waals surface area (Å²) in [6.07, 6.45) is 2.36. The summed E-state index contributed by atoms with van der Waals surface area (Å²) in [5.41, 5.74) is 0.0689. The number of hydrogen-bond donors (Lipinski definition) is 8. The van der Waals surface area contributed by atoms with Gasteiger partial charge in [-0.15, -0.1) is 0 Å². The van der Waals surface area contributed by atoms with Crippen LogP contribution >= 0.6 is 0 Å². The van der Waals surface area contributed by atoms with Crippen LogP contribution in [0.1, 0.15) is 85.5 Å². The molecule has 84 heavy (non-hydrogen) atoms. The maximum atomic E-state index is 15.5. The molecule has 8 amide bonds. The van der Waals surface area contributed by atoms with Crippen LogP contribution in [0.5, 0.6) is 0 Å². The number of ether oxygens (including phenoxy) is 4. The zero-order chi connectivity index (χ0) is 60.8. The maximum absolute atomic E-state index is 15.5. The highest BCUT2D eigenvalue weighted by Crippen LogP contribution is 2.46. The summed E-state index contributed by atoms with van der Waals surface area (Å²) in [5.74, 6) is -7.25. The molecule has 0 saturated heterocycles. The Kier molecular flexibility index (Phi) is 19.2. The minimum atomic E-state index is -2.07. The number of nitrogens with one attached hydrogen (secondary N) is 7. The van der Waals surface area contributed by atoms with Crippen LogP contribution in [0.25, 0.3) is 22.3 Å². The molecule has 446 valence electrons. The fourth-order valence-electron chi connectivity index (χ4n) is 10.4. The van der Waals surface area contributed by atoms with Gasteiger partial charge < -0.3 is 65.8 Å². The molecule has 0 spiro atoms. The van der Waals surface area contributed by atoms with E-state index in [1.54, 1.807) is 64.3 Å². The van der Waals surface area contributed by atoms with Gasteiger partial charge in [0, 0.05) is 67.4 Å². The van der Waals surface area contributed by atoms with Gasteiger partial charge in [0.2, 0.25) is 29.5 Å². The number of aromatic nitrogens is 2. The molecule has 27 heteroatoms. The molecule has 6 atom stereocenters. The summed E-state index contributed by atoms with van der Waals surface area (Å²) >= 11 is 0. The fourth-order valence-corrected chi connectivity index (χ4v) is 10.4. The first-order valence-electron chi connectivity index (χ1n) is 27.5. The van der Waals surface area contributed by atoms with E-state index in [1.807, 2.05) is 7.85 Å². The molecule has 4 aromatic rings. The second kappa shape index (κ2) is 26.1. The van der Waals surface area contributed by atoms with Crippen molar-refractivity contribution in [3.05, 3.63) is 110 Å². The van der Waals surface area contributed by atoms with Crippen molar-refractivity contribution < 1.29 is 71.6 Å². The maximum Gasteiger partial charge on any atom is 0.343 e. The molecule has 3 unspecified atom stereocenters. The number of aryl methyl sites for hydroxylation is 1. The molecule has 5 heterocycles. The predicted molar refractivity (Wildman–Crippen MR) is 300 cm³/mol. The monoisotopic (exact) mass is 1160 g/mol. The molecule has 2 aromatic heterocycles. The quantitative estimate of drug-likeness (QED) is 0.0135. The molecular formula is C57H68BFN10O15. The molecule has 8 N–H and O–H groups in total. The highest BCUT2D eigenvalue weighted by Gasteiger charge is 2.46. The van der Waals surface area contributed by atoms with Crippen molar-refractivity contribution >= 4 is 72.0 Å². The number of halogens is 1. The number of aliphatic hydroxyl groups is 1. The molecule has 0 radical (unpaired) electrons. The molecule has 0 fully saturated rings. The number of methoxy groups -OCH3 is 1. The number of cyclic esters (lactones) is 1. The Morgan fingerprint density at radius 2 is 1.60 bits per heavy atom. The van der Waals surface area contributed by atoms with Gasteiger partial charge in [-0.25, -0.2) is 14.2 Å². The lowest BCUT2D eigenvalue weighted by molar-refractivity contribution is -0.172. The van der Waals surface area contributed by atoms with Gasteiger partial charge in [-0.3, -0.25) is 48.1 Å². The smallest absolute Gasteiger partial charge is 0.343 e. The third-order valence-electron chi connectivity index (χ3n) is 15.4. The van der Waals surface area contributed by atoms with Gasteiger partial charge in [-0.05, 0) is 75.3 Å². The van der Waals surface area contributed by atoms with Gasteiger partial charge in [0.05, 0.1) is 67.4 Å². The van der Waals surface area contributed by atoms with Crippen molar-refractivity contribution in [3.8, 4) is 11.4 Å². The first-order valence-corrected chi connectivity index (χ1v) is 27.5.